The van der Waals surface area contributed by atoms with E-state index in [1.807, 2.05) is 6.92 Å². The van der Waals surface area contributed by atoms with Gasteiger partial charge in [0, 0.05) is 24.6 Å². The lowest BCUT2D eigenvalue weighted by molar-refractivity contribution is -0.384. The summed E-state index contributed by atoms with van der Waals surface area (Å²) in [6.45, 7) is 1.97. The average Bonchev–Trinajstić information content (AvgIpc) is 2.37. The van der Waals surface area contributed by atoms with E-state index in [4.69, 9.17) is 11.2 Å². The summed E-state index contributed by atoms with van der Waals surface area (Å²) >= 11 is 0. The molecule has 0 spiro atoms. The predicted molar refractivity (Wildman–Crippen MR) is 70.8 cm³/mol. The third kappa shape index (κ3) is 3.39. The highest BCUT2D eigenvalue weighted by atomic mass is 16.6. The molecule has 0 saturated carbocycles. The zero-order valence-corrected chi connectivity index (χ0v) is 10.5. The minimum absolute atomic E-state index is 0.0146. The third-order valence-corrected chi connectivity index (χ3v) is 2.62. The fraction of sp³-hybridized carbons (Fsp3) is 0.385. The van der Waals surface area contributed by atoms with Crippen molar-refractivity contribution in [3.63, 3.8) is 0 Å². The lowest BCUT2D eigenvalue weighted by Gasteiger charge is -2.16. The minimum atomic E-state index is -0.426. The number of methoxy groups -OCH3 is 1. The van der Waals surface area contributed by atoms with Crippen LogP contribution in [-0.4, -0.2) is 18.1 Å². The Hall–Kier alpha value is -2.22. The normalized spacial score (nSPS) is 11.4. The summed E-state index contributed by atoms with van der Waals surface area (Å²) in [5, 5.41) is 14.0. The first kappa shape index (κ1) is 13.8. The van der Waals surface area contributed by atoms with Crippen LogP contribution < -0.4 is 10.1 Å². The molecule has 18 heavy (non-hydrogen) atoms. The number of terminal acetylenes is 1. The molecule has 1 unspecified atom stereocenters. The van der Waals surface area contributed by atoms with Gasteiger partial charge < -0.3 is 10.1 Å². The highest BCUT2D eigenvalue weighted by molar-refractivity contribution is 5.64. The smallest absolute Gasteiger partial charge is 0.292 e. The van der Waals surface area contributed by atoms with Gasteiger partial charge in [0.05, 0.1) is 12.0 Å². The van der Waals surface area contributed by atoms with E-state index in [0.717, 1.165) is 6.42 Å². The monoisotopic (exact) mass is 248 g/mol. The van der Waals surface area contributed by atoms with Gasteiger partial charge in [-0.3, -0.25) is 10.1 Å². The number of nitro groups is 1. The van der Waals surface area contributed by atoms with Crippen molar-refractivity contribution in [2.45, 2.75) is 25.8 Å². The molecule has 0 aliphatic heterocycles. The van der Waals surface area contributed by atoms with Crippen LogP contribution in [0.25, 0.3) is 0 Å². The van der Waals surface area contributed by atoms with Crippen LogP contribution in [-0.2, 0) is 0 Å². The van der Waals surface area contributed by atoms with E-state index in [-0.39, 0.29) is 11.7 Å². The van der Waals surface area contributed by atoms with E-state index >= 15 is 0 Å². The summed E-state index contributed by atoms with van der Waals surface area (Å²) in [7, 11) is 1.52. The van der Waals surface area contributed by atoms with E-state index in [9.17, 15) is 10.1 Å². The van der Waals surface area contributed by atoms with Crippen LogP contribution in [0.15, 0.2) is 18.2 Å². The summed E-state index contributed by atoms with van der Waals surface area (Å²) < 4.78 is 5.06. The molecule has 0 amide bonds. The maximum Gasteiger partial charge on any atom is 0.292 e. The molecule has 0 heterocycles. The summed E-state index contributed by atoms with van der Waals surface area (Å²) in [5.74, 6) is 3.12. The van der Waals surface area contributed by atoms with Crippen LogP contribution in [0.2, 0.25) is 0 Å². The summed E-state index contributed by atoms with van der Waals surface area (Å²) in [4.78, 5) is 10.5. The van der Waals surface area contributed by atoms with Gasteiger partial charge in [0.15, 0.2) is 0 Å². The van der Waals surface area contributed by atoms with Gasteiger partial charge in [-0.25, -0.2) is 0 Å². The highest BCUT2D eigenvalue weighted by Gasteiger charge is 2.16. The van der Waals surface area contributed by atoms with Gasteiger partial charge in [-0.15, -0.1) is 12.3 Å². The van der Waals surface area contributed by atoms with Crippen LogP contribution >= 0.6 is 0 Å². The van der Waals surface area contributed by atoms with E-state index in [0.29, 0.717) is 17.9 Å². The second kappa shape index (κ2) is 6.50. The molecular weight excluding hydrogens is 232 g/mol. The zero-order chi connectivity index (χ0) is 13.5. The van der Waals surface area contributed by atoms with E-state index < -0.39 is 4.92 Å². The van der Waals surface area contributed by atoms with Gasteiger partial charge in [-0.05, 0) is 12.5 Å². The first-order valence-electron chi connectivity index (χ1n) is 5.64. The molecule has 1 N–H and O–H groups in total. The number of benzene rings is 1. The fourth-order valence-corrected chi connectivity index (χ4v) is 1.58. The van der Waals surface area contributed by atoms with Gasteiger partial charge in [-0.1, -0.05) is 6.92 Å². The predicted octanol–water partition coefficient (Wildman–Crippen LogP) is 2.82. The minimum Gasteiger partial charge on any atom is -0.497 e. The Morgan fingerprint density at radius 1 is 1.61 bits per heavy atom. The fourth-order valence-electron chi connectivity index (χ4n) is 1.58. The number of hydrogen-bond donors (Lipinski definition) is 1. The Morgan fingerprint density at radius 2 is 2.33 bits per heavy atom. The van der Waals surface area contributed by atoms with Crippen molar-refractivity contribution in [3.05, 3.63) is 28.3 Å². The van der Waals surface area contributed by atoms with E-state index in [1.54, 1.807) is 12.1 Å². The van der Waals surface area contributed by atoms with Gasteiger partial charge in [-0.2, -0.15) is 0 Å². The molecule has 0 aliphatic carbocycles. The molecule has 1 rings (SSSR count). The van der Waals surface area contributed by atoms with Crippen molar-refractivity contribution in [3.8, 4) is 18.1 Å². The summed E-state index contributed by atoms with van der Waals surface area (Å²) in [6.07, 6.45) is 6.57. The molecule has 0 aromatic heterocycles. The molecule has 0 bridgehead atoms. The number of nitro benzene ring substituents is 1. The van der Waals surface area contributed by atoms with Crippen molar-refractivity contribution < 1.29 is 9.66 Å². The second-order valence-corrected chi connectivity index (χ2v) is 3.80. The van der Waals surface area contributed by atoms with E-state index in [2.05, 4.69) is 11.2 Å². The van der Waals surface area contributed by atoms with Crippen LogP contribution in [0.5, 0.6) is 5.75 Å². The quantitative estimate of drug-likeness (QED) is 0.477. The second-order valence-electron chi connectivity index (χ2n) is 3.80. The molecule has 0 aliphatic rings. The number of nitrogens with zero attached hydrogens (tertiary/aromatic N) is 1. The lowest BCUT2D eigenvalue weighted by Crippen LogP contribution is -2.18. The molecular formula is C13H16N2O3. The largest absolute Gasteiger partial charge is 0.497 e. The van der Waals surface area contributed by atoms with Gasteiger partial charge in [0.1, 0.15) is 11.4 Å². The van der Waals surface area contributed by atoms with Crippen LogP contribution in [0.3, 0.4) is 0 Å². The van der Waals surface area contributed by atoms with Crippen molar-refractivity contribution in [2.75, 3.05) is 12.4 Å². The first-order valence-corrected chi connectivity index (χ1v) is 5.64. The Bertz CT molecular complexity index is 466. The molecule has 0 saturated heterocycles. The van der Waals surface area contributed by atoms with Crippen molar-refractivity contribution in [2.24, 2.45) is 0 Å². The van der Waals surface area contributed by atoms with Gasteiger partial charge in [0.2, 0.25) is 0 Å². The topological polar surface area (TPSA) is 64.4 Å². The first-order chi connectivity index (χ1) is 8.62. The molecule has 5 nitrogen and oxygen atoms in total. The van der Waals surface area contributed by atoms with Crippen molar-refractivity contribution >= 4 is 11.4 Å². The average molecular weight is 248 g/mol. The van der Waals surface area contributed by atoms with Crippen molar-refractivity contribution in [1.82, 2.24) is 0 Å². The number of rotatable bonds is 6. The number of anilines is 1. The van der Waals surface area contributed by atoms with Crippen LogP contribution in [0.4, 0.5) is 11.4 Å². The Labute approximate surface area is 106 Å². The summed E-state index contributed by atoms with van der Waals surface area (Å²) in [5.41, 5.74) is 0.452. The van der Waals surface area contributed by atoms with Gasteiger partial charge in [0.25, 0.3) is 5.69 Å². The molecule has 0 radical (unpaired) electrons. The third-order valence-electron chi connectivity index (χ3n) is 2.62. The van der Waals surface area contributed by atoms with Crippen LogP contribution in [0, 0.1) is 22.5 Å². The molecule has 96 valence electrons. The molecule has 1 aromatic rings. The maximum atomic E-state index is 10.9. The lowest BCUT2D eigenvalue weighted by atomic mass is 10.1. The Balaban J connectivity index is 3.03. The molecule has 1 atom stereocenters. The van der Waals surface area contributed by atoms with Gasteiger partial charge >= 0.3 is 0 Å². The van der Waals surface area contributed by atoms with E-state index in [1.165, 1.54) is 13.2 Å². The molecule has 5 heteroatoms. The Morgan fingerprint density at radius 3 is 2.83 bits per heavy atom. The number of ether oxygens (including phenoxy) is 1. The Kier molecular flexibility index (Phi) is 5.00. The number of hydrogen-bond acceptors (Lipinski definition) is 4. The molecule has 0 fully saturated rings. The van der Waals surface area contributed by atoms with Crippen LogP contribution in [0.1, 0.15) is 19.8 Å². The SMILES string of the molecule is C#CCC(CC)Nc1cc(OC)ccc1[N+](=O)[O-]. The summed E-state index contributed by atoms with van der Waals surface area (Å²) in [6, 6.07) is 4.60. The zero-order valence-electron chi connectivity index (χ0n) is 10.5. The highest BCUT2D eigenvalue weighted by Crippen LogP contribution is 2.29. The standard InChI is InChI=1S/C13H16N2O3/c1-4-6-10(5-2)14-12-9-11(18-3)7-8-13(12)15(16)17/h1,7-10,14H,5-6H2,2-3H3. The number of nitrogens with one attached hydrogen (secondary N) is 1. The van der Waals surface area contributed by atoms with Crippen molar-refractivity contribution in [1.29, 1.82) is 0 Å². The maximum absolute atomic E-state index is 10.9. The molecule has 1 aromatic carbocycles.